The summed E-state index contributed by atoms with van der Waals surface area (Å²) < 4.78 is 0. The van der Waals surface area contributed by atoms with Crippen LogP contribution in [0.2, 0.25) is 0 Å². The molecule has 8 heteroatoms. The van der Waals surface area contributed by atoms with Crippen LogP contribution in [0.15, 0.2) is 36.7 Å². The molecule has 0 atom stereocenters. The lowest BCUT2D eigenvalue weighted by Gasteiger charge is -2.21. The van der Waals surface area contributed by atoms with Gasteiger partial charge in [-0.25, -0.2) is 9.97 Å². The van der Waals surface area contributed by atoms with Gasteiger partial charge in [0, 0.05) is 55.9 Å². The largest absolute Gasteiger partial charge is 0.358 e. The molecule has 2 N–H and O–H groups in total. The van der Waals surface area contributed by atoms with E-state index in [0.29, 0.717) is 11.6 Å². The molecule has 136 valence electrons. The van der Waals surface area contributed by atoms with Crippen LogP contribution in [0.3, 0.4) is 0 Å². The summed E-state index contributed by atoms with van der Waals surface area (Å²) in [6, 6.07) is 7.69. The van der Waals surface area contributed by atoms with E-state index >= 15 is 0 Å². The molecular formula is C18H24N8. The Kier molecular flexibility index (Phi) is 5.43. The van der Waals surface area contributed by atoms with Crippen molar-refractivity contribution >= 4 is 17.5 Å². The first-order chi connectivity index (χ1) is 12.5. The van der Waals surface area contributed by atoms with Gasteiger partial charge in [0.2, 0.25) is 0 Å². The Labute approximate surface area is 153 Å². The second kappa shape index (κ2) is 7.92. The molecule has 8 nitrogen and oxygen atoms in total. The maximum absolute atomic E-state index is 4.72. The van der Waals surface area contributed by atoms with E-state index in [1.807, 2.05) is 38.2 Å². The van der Waals surface area contributed by atoms with Crippen LogP contribution in [0, 0.1) is 6.92 Å². The smallest absolute Gasteiger partial charge is 0.165 e. The van der Waals surface area contributed by atoms with Gasteiger partial charge in [0.25, 0.3) is 0 Å². The standard InChI is InChI=1S/C18H24N8/c1-13-10-16(24-23-13)20-15-11-17(26(4)9-8-25(2)3)22-18(21-15)14-6-5-7-19-12-14/h5-7,10-12H,8-9H2,1-4H3,(H2,20,21,22,23,24). The Balaban J connectivity index is 1.93. The molecule has 26 heavy (non-hydrogen) atoms. The summed E-state index contributed by atoms with van der Waals surface area (Å²) in [6.07, 6.45) is 3.50. The second-order valence-corrected chi connectivity index (χ2v) is 6.46. The first kappa shape index (κ1) is 17.8. The number of aromatic nitrogens is 5. The molecule has 0 bridgehead atoms. The summed E-state index contributed by atoms with van der Waals surface area (Å²) >= 11 is 0. The Morgan fingerprint density at radius 2 is 1.92 bits per heavy atom. The number of anilines is 3. The molecule has 0 saturated heterocycles. The van der Waals surface area contributed by atoms with Crippen molar-refractivity contribution in [3.8, 4) is 11.4 Å². The number of rotatable bonds is 7. The third kappa shape index (κ3) is 4.54. The molecule has 0 aliphatic heterocycles. The SMILES string of the molecule is Cc1cc(Nc2cc(N(C)CCN(C)C)nc(-c3cccnc3)n2)n[nH]1. The average Bonchev–Trinajstić information content (AvgIpc) is 3.04. The number of hydrogen-bond donors (Lipinski definition) is 2. The zero-order valence-electron chi connectivity index (χ0n) is 15.6. The van der Waals surface area contributed by atoms with Crippen LogP contribution in [0.1, 0.15) is 5.69 Å². The first-order valence-electron chi connectivity index (χ1n) is 8.45. The summed E-state index contributed by atoms with van der Waals surface area (Å²) in [5, 5.41) is 10.4. The van der Waals surface area contributed by atoms with Crippen molar-refractivity contribution in [2.75, 3.05) is 44.4 Å². The predicted octanol–water partition coefficient (Wildman–Crippen LogP) is 2.31. The lowest BCUT2D eigenvalue weighted by molar-refractivity contribution is 0.416. The number of nitrogens with zero attached hydrogens (tertiary/aromatic N) is 6. The number of likely N-dealkylation sites (N-methyl/N-ethyl adjacent to an activating group) is 2. The fourth-order valence-electron chi connectivity index (χ4n) is 2.40. The molecule has 0 aromatic carbocycles. The molecule has 0 aliphatic rings. The third-order valence-corrected chi connectivity index (χ3v) is 3.87. The molecule has 0 saturated carbocycles. The van der Waals surface area contributed by atoms with Crippen LogP contribution in [0.25, 0.3) is 11.4 Å². The van der Waals surface area contributed by atoms with Crippen LogP contribution in [0.5, 0.6) is 0 Å². The molecule has 3 rings (SSSR count). The van der Waals surface area contributed by atoms with E-state index in [4.69, 9.17) is 4.98 Å². The summed E-state index contributed by atoms with van der Waals surface area (Å²) in [4.78, 5) is 17.8. The number of aryl methyl sites for hydroxylation is 1. The highest BCUT2D eigenvalue weighted by Gasteiger charge is 2.12. The van der Waals surface area contributed by atoms with Crippen LogP contribution < -0.4 is 10.2 Å². The van der Waals surface area contributed by atoms with Gasteiger partial charge in [0.05, 0.1) is 0 Å². The highest BCUT2D eigenvalue weighted by Crippen LogP contribution is 2.23. The topological polar surface area (TPSA) is 85.9 Å². The molecule has 0 spiro atoms. The summed E-state index contributed by atoms with van der Waals surface area (Å²) in [6.45, 7) is 3.75. The van der Waals surface area contributed by atoms with Crippen molar-refractivity contribution in [1.29, 1.82) is 0 Å². The quantitative estimate of drug-likeness (QED) is 0.675. The van der Waals surface area contributed by atoms with Gasteiger partial charge in [-0.2, -0.15) is 5.10 Å². The molecule has 3 aromatic rings. The number of pyridine rings is 1. The Morgan fingerprint density at radius 1 is 1.08 bits per heavy atom. The van der Waals surface area contributed by atoms with Crippen molar-refractivity contribution in [3.63, 3.8) is 0 Å². The normalized spacial score (nSPS) is 11.0. The fraction of sp³-hybridized carbons (Fsp3) is 0.333. The van der Waals surface area contributed by atoms with Gasteiger partial charge in [-0.05, 0) is 33.2 Å². The minimum absolute atomic E-state index is 0.627. The summed E-state index contributed by atoms with van der Waals surface area (Å²) in [5.74, 6) is 2.88. The lowest BCUT2D eigenvalue weighted by Crippen LogP contribution is -2.29. The predicted molar refractivity (Wildman–Crippen MR) is 104 cm³/mol. The third-order valence-electron chi connectivity index (χ3n) is 3.87. The Bertz CT molecular complexity index is 843. The van der Waals surface area contributed by atoms with Crippen LogP contribution >= 0.6 is 0 Å². The monoisotopic (exact) mass is 352 g/mol. The van der Waals surface area contributed by atoms with Gasteiger partial charge in [-0.3, -0.25) is 10.1 Å². The maximum Gasteiger partial charge on any atom is 0.165 e. The zero-order chi connectivity index (χ0) is 18.5. The van der Waals surface area contributed by atoms with Gasteiger partial charge >= 0.3 is 0 Å². The van der Waals surface area contributed by atoms with Gasteiger partial charge in [0.15, 0.2) is 11.6 Å². The van der Waals surface area contributed by atoms with Gasteiger partial charge in [-0.15, -0.1) is 0 Å². The number of nitrogens with one attached hydrogen (secondary N) is 2. The molecule has 3 heterocycles. The van der Waals surface area contributed by atoms with Crippen LogP contribution in [-0.2, 0) is 0 Å². The number of aromatic amines is 1. The van der Waals surface area contributed by atoms with Gasteiger partial charge in [-0.1, -0.05) is 0 Å². The van der Waals surface area contributed by atoms with Crippen molar-refractivity contribution in [2.45, 2.75) is 6.92 Å². The van der Waals surface area contributed by atoms with Crippen LogP contribution in [-0.4, -0.2) is 64.3 Å². The first-order valence-corrected chi connectivity index (χ1v) is 8.45. The van der Waals surface area contributed by atoms with E-state index in [0.717, 1.165) is 36.0 Å². The number of hydrogen-bond acceptors (Lipinski definition) is 7. The van der Waals surface area contributed by atoms with Crippen LogP contribution in [0.4, 0.5) is 17.5 Å². The van der Waals surface area contributed by atoms with E-state index in [2.05, 4.69) is 49.4 Å². The lowest BCUT2D eigenvalue weighted by atomic mass is 10.2. The zero-order valence-corrected chi connectivity index (χ0v) is 15.6. The molecular weight excluding hydrogens is 328 g/mol. The van der Waals surface area contributed by atoms with Crippen molar-refractivity contribution in [2.24, 2.45) is 0 Å². The summed E-state index contributed by atoms with van der Waals surface area (Å²) in [5.41, 5.74) is 1.86. The minimum atomic E-state index is 0.627. The Morgan fingerprint density at radius 3 is 2.58 bits per heavy atom. The van der Waals surface area contributed by atoms with Crippen molar-refractivity contribution in [1.82, 2.24) is 30.0 Å². The van der Waals surface area contributed by atoms with Crippen molar-refractivity contribution in [3.05, 3.63) is 42.4 Å². The van der Waals surface area contributed by atoms with Crippen molar-refractivity contribution < 1.29 is 0 Å². The molecule has 0 aliphatic carbocycles. The molecule has 0 radical (unpaired) electrons. The fourth-order valence-corrected chi connectivity index (χ4v) is 2.40. The van der Waals surface area contributed by atoms with E-state index < -0.39 is 0 Å². The second-order valence-electron chi connectivity index (χ2n) is 6.46. The van der Waals surface area contributed by atoms with Gasteiger partial charge < -0.3 is 15.1 Å². The number of H-pyrrole nitrogens is 1. The molecule has 0 fully saturated rings. The minimum Gasteiger partial charge on any atom is -0.358 e. The van der Waals surface area contributed by atoms with E-state index in [9.17, 15) is 0 Å². The van der Waals surface area contributed by atoms with E-state index in [1.165, 1.54) is 0 Å². The Hall–Kier alpha value is -3.00. The molecule has 3 aromatic heterocycles. The highest BCUT2D eigenvalue weighted by molar-refractivity contribution is 5.63. The van der Waals surface area contributed by atoms with E-state index in [1.54, 1.807) is 12.4 Å². The summed E-state index contributed by atoms with van der Waals surface area (Å²) in [7, 11) is 6.14. The molecule has 0 unspecified atom stereocenters. The van der Waals surface area contributed by atoms with Gasteiger partial charge in [0.1, 0.15) is 11.6 Å². The molecule has 0 amide bonds. The van der Waals surface area contributed by atoms with E-state index in [-0.39, 0.29) is 0 Å². The average molecular weight is 352 g/mol. The maximum atomic E-state index is 4.72. The highest BCUT2D eigenvalue weighted by atomic mass is 15.2.